The second-order valence-electron chi connectivity index (χ2n) is 5.44. The SMILES string of the molecule is CCOc1ccc(Br)cc1C=NNC(=O)COc1ccc(C)c(C)c1. The van der Waals surface area contributed by atoms with Gasteiger partial charge in [0.1, 0.15) is 11.5 Å². The van der Waals surface area contributed by atoms with Crippen LogP contribution in [0.5, 0.6) is 11.5 Å². The molecule has 0 bridgehead atoms. The van der Waals surface area contributed by atoms with Crippen molar-refractivity contribution in [3.63, 3.8) is 0 Å². The lowest BCUT2D eigenvalue weighted by Crippen LogP contribution is -2.24. The second-order valence-corrected chi connectivity index (χ2v) is 6.36. The van der Waals surface area contributed by atoms with Crippen molar-refractivity contribution in [1.29, 1.82) is 0 Å². The molecule has 0 saturated carbocycles. The van der Waals surface area contributed by atoms with Gasteiger partial charge in [-0.15, -0.1) is 0 Å². The van der Waals surface area contributed by atoms with Gasteiger partial charge < -0.3 is 9.47 Å². The molecule has 0 atom stereocenters. The lowest BCUT2D eigenvalue weighted by Gasteiger charge is -2.08. The van der Waals surface area contributed by atoms with Crippen molar-refractivity contribution < 1.29 is 14.3 Å². The molecular weight excluding hydrogens is 384 g/mol. The molecule has 0 aliphatic carbocycles. The van der Waals surface area contributed by atoms with Gasteiger partial charge in [0.25, 0.3) is 5.91 Å². The predicted octanol–water partition coefficient (Wildman–Crippen LogP) is 3.99. The third-order valence-electron chi connectivity index (χ3n) is 3.51. The molecule has 0 aromatic heterocycles. The molecular formula is C19H21BrN2O3. The van der Waals surface area contributed by atoms with Crippen LogP contribution in [0.15, 0.2) is 46.0 Å². The maximum Gasteiger partial charge on any atom is 0.277 e. The van der Waals surface area contributed by atoms with Gasteiger partial charge in [-0.2, -0.15) is 5.10 Å². The van der Waals surface area contributed by atoms with Gasteiger partial charge in [-0.3, -0.25) is 4.79 Å². The normalized spacial score (nSPS) is 10.7. The Balaban J connectivity index is 1.90. The number of amides is 1. The largest absolute Gasteiger partial charge is 0.493 e. The van der Waals surface area contributed by atoms with Crippen LogP contribution in [0.3, 0.4) is 0 Å². The molecule has 0 radical (unpaired) electrons. The number of nitrogens with one attached hydrogen (secondary N) is 1. The lowest BCUT2D eigenvalue weighted by molar-refractivity contribution is -0.123. The molecule has 0 fully saturated rings. The summed E-state index contributed by atoms with van der Waals surface area (Å²) in [5, 5.41) is 3.96. The topological polar surface area (TPSA) is 59.9 Å². The highest BCUT2D eigenvalue weighted by atomic mass is 79.9. The van der Waals surface area contributed by atoms with E-state index in [4.69, 9.17) is 9.47 Å². The van der Waals surface area contributed by atoms with Crippen molar-refractivity contribution in [2.24, 2.45) is 5.10 Å². The number of carbonyl (C=O) groups is 1. The number of benzene rings is 2. The van der Waals surface area contributed by atoms with Gasteiger partial charge in [-0.1, -0.05) is 22.0 Å². The average molecular weight is 405 g/mol. The molecule has 0 aliphatic rings. The molecule has 0 saturated heterocycles. The number of ether oxygens (including phenoxy) is 2. The number of carbonyl (C=O) groups excluding carboxylic acids is 1. The third kappa shape index (κ3) is 5.90. The number of hydrogen-bond acceptors (Lipinski definition) is 4. The molecule has 5 nitrogen and oxygen atoms in total. The smallest absolute Gasteiger partial charge is 0.277 e. The lowest BCUT2D eigenvalue weighted by atomic mass is 10.1. The zero-order valence-electron chi connectivity index (χ0n) is 14.5. The molecule has 25 heavy (non-hydrogen) atoms. The summed E-state index contributed by atoms with van der Waals surface area (Å²) < 4.78 is 11.9. The highest BCUT2D eigenvalue weighted by Crippen LogP contribution is 2.21. The molecule has 2 aromatic carbocycles. The van der Waals surface area contributed by atoms with Crippen LogP contribution >= 0.6 is 15.9 Å². The van der Waals surface area contributed by atoms with E-state index in [9.17, 15) is 4.79 Å². The summed E-state index contributed by atoms with van der Waals surface area (Å²) in [4.78, 5) is 11.8. The zero-order valence-corrected chi connectivity index (χ0v) is 16.1. The minimum Gasteiger partial charge on any atom is -0.493 e. The summed E-state index contributed by atoms with van der Waals surface area (Å²) in [5.41, 5.74) is 5.52. The standard InChI is InChI=1S/C19H21BrN2O3/c1-4-24-18-8-6-16(20)10-15(18)11-21-22-19(23)12-25-17-7-5-13(2)14(3)9-17/h5-11H,4,12H2,1-3H3,(H,22,23). The molecule has 0 unspecified atom stereocenters. The number of aryl methyl sites for hydroxylation is 2. The highest BCUT2D eigenvalue weighted by molar-refractivity contribution is 9.10. The summed E-state index contributed by atoms with van der Waals surface area (Å²) in [6, 6.07) is 11.3. The highest BCUT2D eigenvalue weighted by Gasteiger charge is 2.04. The Morgan fingerprint density at radius 2 is 1.96 bits per heavy atom. The Bertz CT molecular complexity index is 775. The quantitative estimate of drug-likeness (QED) is 0.560. The Labute approximate surface area is 156 Å². The van der Waals surface area contributed by atoms with E-state index in [1.54, 1.807) is 6.21 Å². The summed E-state index contributed by atoms with van der Waals surface area (Å²) >= 11 is 3.41. The van der Waals surface area contributed by atoms with Gasteiger partial charge in [-0.05, 0) is 62.2 Å². The van der Waals surface area contributed by atoms with Crippen molar-refractivity contribution in [2.75, 3.05) is 13.2 Å². The van der Waals surface area contributed by atoms with Gasteiger partial charge in [-0.25, -0.2) is 5.43 Å². The second kappa shape index (κ2) is 9.22. The van der Waals surface area contributed by atoms with Gasteiger partial charge in [0.2, 0.25) is 0 Å². The van der Waals surface area contributed by atoms with Gasteiger partial charge in [0.15, 0.2) is 6.61 Å². The maximum absolute atomic E-state index is 11.8. The van der Waals surface area contributed by atoms with Crippen molar-refractivity contribution >= 4 is 28.1 Å². The van der Waals surface area contributed by atoms with Gasteiger partial charge in [0, 0.05) is 10.0 Å². The fourth-order valence-electron chi connectivity index (χ4n) is 2.07. The maximum atomic E-state index is 11.8. The van der Waals surface area contributed by atoms with E-state index in [1.807, 2.05) is 57.2 Å². The van der Waals surface area contributed by atoms with Crippen LogP contribution in [0, 0.1) is 13.8 Å². The van der Waals surface area contributed by atoms with Crippen LogP contribution in [-0.4, -0.2) is 25.3 Å². The zero-order chi connectivity index (χ0) is 18.2. The number of hydrogen-bond donors (Lipinski definition) is 1. The molecule has 0 aliphatic heterocycles. The molecule has 6 heteroatoms. The van der Waals surface area contributed by atoms with E-state index >= 15 is 0 Å². The molecule has 1 N–H and O–H groups in total. The van der Waals surface area contributed by atoms with E-state index < -0.39 is 0 Å². The minimum absolute atomic E-state index is 0.101. The summed E-state index contributed by atoms with van der Waals surface area (Å²) in [5.74, 6) is 1.03. The molecule has 2 rings (SSSR count). The van der Waals surface area contributed by atoms with E-state index in [0.717, 1.165) is 15.6 Å². The van der Waals surface area contributed by atoms with Crippen molar-refractivity contribution in [2.45, 2.75) is 20.8 Å². The first-order valence-corrected chi connectivity index (χ1v) is 8.73. The van der Waals surface area contributed by atoms with Gasteiger partial charge in [0.05, 0.1) is 12.8 Å². The Hall–Kier alpha value is -2.34. The van der Waals surface area contributed by atoms with E-state index in [1.165, 1.54) is 5.56 Å². The first-order chi connectivity index (χ1) is 12.0. The van der Waals surface area contributed by atoms with Gasteiger partial charge >= 0.3 is 0 Å². The van der Waals surface area contributed by atoms with Crippen molar-refractivity contribution in [1.82, 2.24) is 5.43 Å². The van der Waals surface area contributed by atoms with E-state index in [0.29, 0.717) is 18.1 Å². The Morgan fingerprint density at radius 1 is 1.16 bits per heavy atom. The first kappa shape index (κ1) is 19.0. The Morgan fingerprint density at radius 3 is 2.68 bits per heavy atom. The number of rotatable bonds is 7. The number of halogens is 1. The van der Waals surface area contributed by atoms with E-state index in [-0.39, 0.29) is 12.5 Å². The summed E-state index contributed by atoms with van der Waals surface area (Å²) in [7, 11) is 0. The predicted molar refractivity (Wildman–Crippen MR) is 102 cm³/mol. The number of hydrazone groups is 1. The monoisotopic (exact) mass is 404 g/mol. The Kier molecular flexibility index (Phi) is 7.01. The fourth-order valence-corrected chi connectivity index (χ4v) is 2.44. The van der Waals surface area contributed by atoms with Crippen LogP contribution < -0.4 is 14.9 Å². The van der Waals surface area contributed by atoms with E-state index in [2.05, 4.69) is 26.5 Å². The van der Waals surface area contributed by atoms with Crippen LogP contribution in [0.4, 0.5) is 0 Å². The molecule has 2 aromatic rings. The van der Waals surface area contributed by atoms with Crippen LogP contribution in [-0.2, 0) is 4.79 Å². The van der Waals surface area contributed by atoms with Crippen LogP contribution in [0.2, 0.25) is 0 Å². The fraction of sp³-hybridized carbons (Fsp3) is 0.263. The van der Waals surface area contributed by atoms with Crippen molar-refractivity contribution in [3.8, 4) is 11.5 Å². The molecule has 0 heterocycles. The van der Waals surface area contributed by atoms with Crippen molar-refractivity contribution in [3.05, 3.63) is 57.6 Å². The minimum atomic E-state index is -0.331. The summed E-state index contributed by atoms with van der Waals surface area (Å²) in [6.45, 7) is 6.39. The van der Waals surface area contributed by atoms with Crippen LogP contribution in [0.25, 0.3) is 0 Å². The van der Waals surface area contributed by atoms with Crippen LogP contribution in [0.1, 0.15) is 23.6 Å². The number of nitrogens with zero attached hydrogens (tertiary/aromatic N) is 1. The molecule has 132 valence electrons. The third-order valence-corrected chi connectivity index (χ3v) is 4.01. The average Bonchev–Trinajstić information content (AvgIpc) is 2.58. The summed E-state index contributed by atoms with van der Waals surface area (Å²) in [6.07, 6.45) is 1.55. The first-order valence-electron chi connectivity index (χ1n) is 7.94. The molecule has 0 spiro atoms. The molecule has 1 amide bonds.